The van der Waals surface area contributed by atoms with E-state index in [1.807, 2.05) is 6.92 Å². The summed E-state index contributed by atoms with van der Waals surface area (Å²) in [5.41, 5.74) is 1.01. The maximum atomic E-state index is 10.7. The van der Waals surface area contributed by atoms with Gasteiger partial charge in [-0.05, 0) is 31.5 Å². The van der Waals surface area contributed by atoms with Gasteiger partial charge in [0.1, 0.15) is 5.75 Å². The Balaban J connectivity index is 2.03. The van der Waals surface area contributed by atoms with Gasteiger partial charge in [-0.3, -0.25) is 10.1 Å². The molecule has 0 saturated carbocycles. The summed E-state index contributed by atoms with van der Waals surface area (Å²) in [4.78, 5) is 10.3. The van der Waals surface area contributed by atoms with Gasteiger partial charge in [0.25, 0.3) is 5.69 Å². The number of nitro benzene ring substituents is 1. The lowest BCUT2D eigenvalue weighted by atomic mass is 10.1. The molecule has 0 spiro atoms. The Morgan fingerprint density at radius 3 is 3.06 bits per heavy atom. The van der Waals surface area contributed by atoms with Crippen LogP contribution in [0, 0.1) is 23.0 Å². The van der Waals surface area contributed by atoms with Crippen LogP contribution in [0.5, 0.6) is 5.75 Å². The number of hydrogen-bond acceptors (Lipinski definition) is 4. The van der Waals surface area contributed by atoms with Gasteiger partial charge in [-0.1, -0.05) is 0 Å². The van der Waals surface area contributed by atoms with E-state index in [9.17, 15) is 10.1 Å². The summed E-state index contributed by atoms with van der Waals surface area (Å²) in [6.07, 6.45) is 1.11. The molecule has 5 nitrogen and oxygen atoms in total. The minimum atomic E-state index is -0.399. The molecular weight excluding hydrogens is 220 g/mol. The van der Waals surface area contributed by atoms with Crippen LogP contribution >= 0.6 is 0 Å². The van der Waals surface area contributed by atoms with E-state index in [-0.39, 0.29) is 5.69 Å². The molecule has 1 aliphatic rings. The van der Waals surface area contributed by atoms with Gasteiger partial charge in [0.15, 0.2) is 0 Å². The van der Waals surface area contributed by atoms with Crippen LogP contribution in [0.15, 0.2) is 18.2 Å². The molecule has 1 unspecified atom stereocenters. The maximum absolute atomic E-state index is 10.7. The fourth-order valence-corrected chi connectivity index (χ4v) is 1.92. The predicted molar refractivity (Wildman–Crippen MR) is 64.3 cm³/mol. The SMILES string of the molecule is Cc1ccc([N+](=O)[O-])cc1OCC1CCNC1. The number of aryl methyl sites for hydroxylation is 1. The van der Waals surface area contributed by atoms with Crippen molar-refractivity contribution in [3.05, 3.63) is 33.9 Å². The first-order valence-electron chi connectivity index (χ1n) is 5.75. The van der Waals surface area contributed by atoms with Crippen molar-refractivity contribution in [3.8, 4) is 5.75 Å². The Kier molecular flexibility index (Phi) is 3.58. The highest BCUT2D eigenvalue weighted by atomic mass is 16.6. The first-order chi connectivity index (χ1) is 8.16. The zero-order valence-electron chi connectivity index (χ0n) is 9.81. The molecule has 1 aromatic rings. The average molecular weight is 236 g/mol. The first kappa shape index (κ1) is 11.9. The number of non-ortho nitro benzene ring substituents is 1. The molecule has 1 aromatic carbocycles. The van der Waals surface area contributed by atoms with Gasteiger partial charge in [-0.25, -0.2) is 0 Å². The van der Waals surface area contributed by atoms with E-state index < -0.39 is 4.92 Å². The van der Waals surface area contributed by atoms with Crippen molar-refractivity contribution in [2.45, 2.75) is 13.3 Å². The summed E-state index contributed by atoms with van der Waals surface area (Å²) in [6, 6.07) is 4.72. The third-order valence-corrected chi connectivity index (χ3v) is 3.02. The third kappa shape index (κ3) is 2.94. The minimum absolute atomic E-state index is 0.0788. The number of nitrogens with one attached hydrogen (secondary N) is 1. The van der Waals surface area contributed by atoms with Crippen molar-refractivity contribution in [2.24, 2.45) is 5.92 Å². The quantitative estimate of drug-likeness (QED) is 0.640. The van der Waals surface area contributed by atoms with E-state index in [0.29, 0.717) is 18.3 Å². The second kappa shape index (κ2) is 5.14. The molecule has 1 heterocycles. The Morgan fingerprint density at radius 1 is 1.59 bits per heavy atom. The van der Waals surface area contributed by atoms with Gasteiger partial charge in [0, 0.05) is 18.5 Å². The standard InChI is InChI=1S/C12H16N2O3/c1-9-2-3-11(14(15)16)6-12(9)17-8-10-4-5-13-7-10/h2-3,6,10,13H,4-5,7-8H2,1H3. The van der Waals surface area contributed by atoms with Crippen molar-refractivity contribution in [3.63, 3.8) is 0 Å². The van der Waals surface area contributed by atoms with Crippen LogP contribution in [0.3, 0.4) is 0 Å². The minimum Gasteiger partial charge on any atom is -0.493 e. The molecule has 0 aromatic heterocycles. The molecule has 0 amide bonds. The lowest BCUT2D eigenvalue weighted by Gasteiger charge is -2.12. The molecule has 0 aliphatic carbocycles. The van der Waals surface area contributed by atoms with Crippen LogP contribution in [0.25, 0.3) is 0 Å². The molecule has 2 rings (SSSR count). The van der Waals surface area contributed by atoms with Crippen LogP contribution in [-0.2, 0) is 0 Å². The second-order valence-corrected chi connectivity index (χ2v) is 4.38. The fourth-order valence-electron chi connectivity index (χ4n) is 1.92. The predicted octanol–water partition coefficient (Wildman–Crippen LogP) is 1.89. The maximum Gasteiger partial charge on any atom is 0.273 e. The molecule has 1 fully saturated rings. The van der Waals surface area contributed by atoms with Crippen LogP contribution < -0.4 is 10.1 Å². The summed E-state index contributed by atoms with van der Waals surface area (Å²) < 4.78 is 5.67. The molecule has 17 heavy (non-hydrogen) atoms. The van der Waals surface area contributed by atoms with Gasteiger partial charge < -0.3 is 10.1 Å². The number of hydrogen-bond donors (Lipinski definition) is 1. The summed E-state index contributed by atoms with van der Waals surface area (Å²) in [7, 11) is 0. The lowest BCUT2D eigenvalue weighted by Crippen LogP contribution is -2.15. The molecule has 1 atom stereocenters. The number of benzene rings is 1. The number of rotatable bonds is 4. The summed E-state index contributed by atoms with van der Waals surface area (Å²) in [5.74, 6) is 1.12. The fraction of sp³-hybridized carbons (Fsp3) is 0.500. The highest BCUT2D eigenvalue weighted by Crippen LogP contribution is 2.24. The number of nitro groups is 1. The van der Waals surface area contributed by atoms with E-state index in [1.165, 1.54) is 12.1 Å². The van der Waals surface area contributed by atoms with Gasteiger partial charge in [0.2, 0.25) is 0 Å². The van der Waals surface area contributed by atoms with Crippen molar-refractivity contribution >= 4 is 5.69 Å². The Labute approximate surface area is 99.9 Å². The molecule has 5 heteroatoms. The van der Waals surface area contributed by atoms with Crippen LogP contribution in [0.1, 0.15) is 12.0 Å². The lowest BCUT2D eigenvalue weighted by molar-refractivity contribution is -0.385. The van der Waals surface area contributed by atoms with Crippen molar-refractivity contribution in [1.82, 2.24) is 5.32 Å². The monoisotopic (exact) mass is 236 g/mol. The normalized spacial score (nSPS) is 19.2. The van der Waals surface area contributed by atoms with Gasteiger partial charge in [0.05, 0.1) is 17.6 Å². The van der Waals surface area contributed by atoms with Gasteiger partial charge in [-0.15, -0.1) is 0 Å². The highest BCUT2D eigenvalue weighted by molar-refractivity contribution is 5.43. The van der Waals surface area contributed by atoms with E-state index >= 15 is 0 Å². The number of nitrogens with zero attached hydrogens (tertiary/aromatic N) is 1. The zero-order valence-corrected chi connectivity index (χ0v) is 9.81. The van der Waals surface area contributed by atoms with Crippen LogP contribution in [0.2, 0.25) is 0 Å². The Morgan fingerprint density at radius 2 is 2.41 bits per heavy atom. The molecule has 92 valence electrons. The van der Waals surface area contributed by atoms with Crippen molar-refractivity contribution in [1.29, 1.82) is 0 Å². The average Bonchev–Trinajstić information content (AvgIpc) is 2.80. The molecule has 1 aliphatic heterocycles. The first-order valence-corrected chi connectivity index (χ1v) is 5.75. The second-order valence-electron chi connectivity index (χ2n) is 4.38. The number of ether oxygens (including phenoxy) is 1. The Hall–Kier alpha value is -1.62. The smallest absolute Gasteiger partial charge is 0.273 e. The summed E-state index contributed by atoms with van der Waals surface area (Å²) in [5, 5.41) is 13.9. The zero-order chi connectivity index (χ0) is 12.3. The van der Waals surface area contributed by atoms with E-state index in [2.05, 4.69) is 5.32 Å². The highest BCUT2D eigenvalue weighted by Gasteiger charge is 2.16. The largest absolute Gasteiger partial charge is 0.493 e. The third-order valence-electron chi connectivity index (χ3n) is 3.02. The molecular formula is C12H16N2O3. The molecule has 0 radical (unpaired) electrons. The topological polar surface area (TPSA) is 64.4 Å². The van der Waals surface area contributed by atoms with Crippen LogP contribution in [0.4, 0.5) is 5.69 Å². The van der Waals surface area contributed by atoms with E-state index in [1.54, 1.807) is 6.07 Å². The van der Waals surface area contributed by atoms with Crippen molar-refractivity contribution < 1.29 is 9.66 Å². The van der Waals surface area contributed by atoms with Gasteiger partial charge in [-0.2, -0.15) is 0 Å². The van der Waals surface area contributed by atoms with Crippen molar-refractivity contribution in [2.75, 3.05) is 19.7 Å². The van der Waals surface area contributed by atoms with Gasteiger partial charge >= 0.3 is 0 Å². The summed E-state index contributed by atoms with van der Waals surface area (Å²) >= 11 is 0. The van der Waals surface area contributed by atoms with E-state index in [4.69, 9.17) is 4.74 Å². The summed E-state index contributed by atoms with van der Waals surface area (Å²) in [6.45, 7) is 4.51. The Bertz CT molecular complexity index is 414. The molecule has 0 bridgehead atoms. The molecule has 1 N–H and O–H groups in total. The van der Waals surface area contributed by atoms with Crippen LogP contribution in [-0.4, -0.2) is 24.6 Å². The van der Waals surface area contributed by atoms with E-state index in [0.717, 1.165) is 25.1 Å². The molecule has 1 saturated heterocycles.